The number of aliphatic imine (C=N–C) groups is 1. The number of carbonyl (C=O) groups is 1. The predicted molar refractivity (Wildman–Crippen MR) is 98.5 cm³/mol. The Hall–Kier alpha value is -2.57. The highest BCUT2D eigenvalue weighted by Gasteiger charge is 2.26. The molecule has 0 unspecified atom stereocenters. The monoisotopic (exact) mass is 340 g/mol. The molecule has 132 valence electrons. The minimum Gasteiger partial charge on any atom is -0.356 e. The number of rotatable bonds is 4. The van der Waals surface area contributed by atoms with Crippen molar-refractivity contribution < 1.29 is 4.79 Å². The molecule has 0 saturated heterocycles. The van der Waals surface area contributed by atoms with Crippen LogP contribution in [0.5, 0.6) is 0 Å². The number of hydrogen-bond acceptors (Lipinski definition) is 5. The van der Waals surface area contributed by atoms with Crippen LogP contribution in [-0.2, 0) is 4.79 Å². The highest BCUT2D eigenvalue weighted by atomic mass is 16.1. The van der Waals surface area contributed by atoms with Crippen LogP contribution in [0.4, 0.5) is 5.69 Å². The number of amides is 1. The van der Waals surface area contributed by atoms with Crippen LogP contribution in [0.1, 0.15) is 25.7 Å². The zero-order valence-corrected chi connectivity index (χ0v) is 14.2. The van der Waals surface area contributed by atoms with Crippen LogP contribution in [0.15, 0.2) is 29.5 Å². The quantitative estimate of drug-likeness (QED) is 0.683. The number of guanidine groups is 1. The van der Waals surface area contributed by atoms with E-state index in [0.29, 0.717) is 5.92 Å². The van der Waals surface area contributed by atoms with E-state index in [2.05, 4.69) is 30.9 Å². The van der Waals surface area contributed by atoms with Gasteiger partial charge in [-0.15, -0.1) is 0 Å². The summed E-state index contributed by atoms with van der Waals surface area (Å²) in [6.45, 7) is 2.73. The van der Waals surface area contributed by atoms with Gasteiger partial charge in [-0.25, -0.2) is 4.98 Å². The van der Waals surface area contributed by atoms with Crippen LogP contribution in [0, 0.1) is 11.8 Å². The molecule has 25 heavy (non-hydrogen) atoms. The first-order valence-corrected chi connectivity index (χ1v) is 9.05. The van der Waals surface area contributed by atoms with Gasteiger partial charge in [0.1, 0.15) is 5.65 Å². The zero-order valence-electron chi connectivity index (χ0n) is 14.2. The Balaban J connectivity index is 1.28. The lowest BCUT2D eigenvalue weighted by Crippen LogP contribution is -2.38. The molecule has 7 nitrogen and oxygen atoms in total. The summed E-state index contributed by atoms with van der Waals surface area (Å²) in [5.74, 6) is 1.77. The van der Waals surface area contributed by atoms with Crippen molar-refractivity contribution in [1.29, 1.82) is 0 Å². The number of aromatic nitrogens is 2. The van der Waals surface area contributed by atoms with E-state index in [9.17, 15) is 4.79 Å². The van der Waals surface area contributed by atoms with Crippen molar-refractivity contribution in [1.82, 2.24) is 20.6 Å². The van der Waals surface area contributed by atoms with E-state index in [1.807, 2.05) is 18.3 Å². The third-order valence-corrected chi connectivity index (χ3v) is 5.17. The van der Waals surface area contributed by atoms with Crippen molar-refractivity contribution >= 4 is 28.6 Å². The van der Waals surface area contributed by atoms with Crippen LogP contribution < -0.4 is 16.0 Å². The zero-order chi connectivity index (χ0) is 17.1. The van der Waals surface area contributed by atoms with Gasteiger partial charge >= 0.3 is 0 Å². The van der Waals surface area contributed by atoms with Crippen LogP contribution in [0.25, 0.3) is 11.0 Å². The summed E-state index contributed by atoms with van der Waals surface area (Å²) < 4.78 is 0. The molecule has 7 heteroatoms. The Morgan fingerprint density at radius 2 is 2.12 bits per heavy atom. The van der Waals surface area contributed by atoms with E-state index >= 15 is 0 Å². The summed E-state index contributed by atoms with van der Waals surface area (Å²) in [4.78, 5) is 24.3. The molecular formula is C18H24N6O. The van der Waals surface area contributed by atoms with Gasteiger partial charge in [-0.2, -0.15) is 0 Å². The van der Waals surface area contributed by atoms with E-state index in [0.717, 1.165) is 68.0 Å². The molecule has 0 radical (unpaired) electrons. The van der Waals surface area contributed by atoms with E-state index in [1.54, 1.807) is 6.20 Å². The average molecular weight is 340 g/mol. The summed E-state index contributed by atoms with van der Waals surface area (Å²) >= 11 is 0. The van der Waals surface area contributed by atoms with E-state index in [4.69, 9.17) is 0 Å². The highest BCUT2D eigenvalue weighted by molar-refractivity contribution is 6.00. The van der Waals surface area contributed by atoms with Crippen molar-refractivity contribution in [2.24, 2.45) is 16.8 Å². The predicted octanol–water partition coefficient (Wildman–Crippen LogP) is 1.86. The molecule has 1 aliphatic carbocycles. The Morgan fingerprint density at radius 3 is 2.92 bits per heavy atom. The minimum atomic E-state index is 0.0975. The molecule has 1 aliphatic heterocycles. The topological polar surface area (TPSA) is 94.2 Å². The summed E-state index contributed by atoms with van der Waals surface area (Å²) in [5, 5.41) is 10.7. The number of nitrogens with one attached hydrogen (secondary N) is 4. The summed E-state index contributed by atoms with van der Waals surface area (Å²) in [5.41, 5.74) is 1.64. The standard InChI is InChI=1S/C18H24N6O/c25-17(24-15-6-8-20-16-14(15)5-7-19-16)13-3-1-12(2-4-13)11-23-18-21-9-10-22-18/h5-8,12-13H,1-4,9-11H2,(H2,21,22,23)(H2,19,20,24,25)/t12-,13-. The van der Waals surface area contributed by atoms with Crippen molar-refractivity contribution in [3.05, 3.63) is 24.5 Å². The first-order chi connectivity index (χ1) is 12.3. The second-order valence-electron chi connectivity index (χ2n) is 6.84. The molecule has 2 aromatic rings. The maximum absolute atomic E-state index is 12.6. The van der Waals surface area contributed by atoms with Gasteiger partial charge in [-0.1, -0.05) is 0 Å². The van der Waals surface area contributed by atoms with Crippen molar-refractivity contribution in [3.63, 3.8) is 0 Å². The third kappa shape index (κ3) is 3.60. The second kappa shape index (κ2) is 7.13. The Kier molecular flexibility index (Phi) is 4.54. The van der Waals surface area contributed by atoms with Gasteiger partial charge in [0.2, 0.25) is 5.91 Å². The van der Waals surface area contributed by atoms with Gasteiger partial charge in [0, 0.05) is 36.8 Å². The molecule has 3 heterocycles. The summed E-state index contributed by atoms with van der Waals surface area (Å²) in [6.07, 6.45) is 7.60. The highest BCUT2D eigenvalue weighted by Crippen LogP contribution is 2.30. The lowest BCUT2D eigenvalue weighted by molar-refractivity contribution is -0.121. The van der Waals surface area contributed by atoms with Gasteiger partial charge < -0.3 is 20.9 Å². The number of hydrogen-bond donors (Lipinski definition) is 4. The Labute approximate surface area is 146 Å². The Morgan fingerprint density at radius 1 is 1.24 bits per heavy atom. The van der Waals surface area contributed by atoms with E-state index in [-0.39, 0.29) is 11.8 Å². The average Bonchev–Trinajstić information content (AvgIpc) is 3.32. The van der Waals surface area contributed by atoms with E-state index in [1.165, 1.54) is 0 Å². The molecule has 0 aromatic carbocycles. The molecule has 2 aliphatic rings. The molecule has 0 bridgehead atoms. The summed E-state index contributed by atoms with van der Waals surface area (Å²) in [7, 11) is 0. The fraction of sp³-hybridized carbons (Fsp3) is 0.500. The number of fused-ring (bicyclic) bond motifs is 1. The van der Waals surface area contributed by atoms with Crippen LogP contribution in [0.3, 0.4) is 0 Å². The van der Waals surface area contributed by atoms with Crippen molar-refractivity contribution in [2.75, 3.05) is 25.0 Å². The first kappa shape index (κ1) is 15.9. The maximum Gasteiger partial charge on any atom is 0.227 e. The van der Waals surface area contributed by atoms with E-state index < -0.39 is 0 Å². The largest absolute Gasteiger partial charge is 0.356 e. The molecule has 1 fully saturated rings. The fourth-order valence-electron chi connectivity index (χ4n) is 3.69. The number of H-pyrrole nitrogens is 1. The molecule has 1 saturated carbocycles. The molecule has 1 amide bonds. The smallest absolute Gasteiger partial charge is 0.227 e. The number of carbonyl (C=O) groups excluding carboxylic acids is 1. The van der Waals surface area contributed by atoms with Gasteiger partial charge in [0.05, 0.1) is 12.2 Å². The molecule has 0 atom stereocenters. The molecule has 2 aromatic heterocycles. The van der Waals surface area contributed by atoms with Gasteiger partial charge in [-0.3, -0.25) is 9.79 Å². The lowest BCUT2D eigenvalue weighted by Gasteiger charge is -2.28. The van der Waals surface area contributed by atoms with Crippen LogP contribution in [-0.4, -0.2) is 41.5 Å². The summed E-state index contributed by atoms with van der Waals surface area (Å²) in [6, 6.07) is 3.80. The third-order valence-electron chi connectivity index (χ3n) is 5.17. The lowest BCUT2D eigenvalue weighted by atomic mass is 9.81. The van der Waals surface area contributed by atoms with Crippen LogP contribution in [0.2, 0.25) is 0 Å². The van der Waals surface area contributed by atoms with Crippen LogP contribution >= 0.6 is 0 Å². The number of aromatic amines is 1. The normalized spacial score (nSPS) is 23.1. The Bertz CT molecular complexity index is 775. The molecule has 0 spiro atoms. The van der Waals surface area contributed by atoms with Crippen molar-refractivity contribution in [2.45, 2.75) is 25.7 Å². The second-order valence-corrected chi connectivity index (χ2v) is 6.84. The SMILES string of the molecule is O=C(Nc1ccnc2[nH]ccc12)[C@H]1CC[C@H](CNC2=NCCN2)CC1. The number of nitrogens with zero attached hydrogens (tertiary/aromatic N) is 2. The van der Waals surface area contributed by atoms with Crippen molar-refractivity contribution in [3.8, 4) is 0 Å². The minimum absolute atomic E-state index is 0.0975. The maximum atomic E-state index is 12.6. The fourth-order valence-corrected chi connectivity index (χ4v) is 3.69. The van der Waals surface area contributed by atoms with Gasteiger partial charge in [-0.05, 0) is 43.7 Å². The number of pyridine rings is 1. The molecule has 4 rings (SSSR count). The number of anilines is 1. The molecular weight excluding hydrogens is 316 g/mol. The van der Waals surface area contributed by atoms with Gasteiger partial charge in [0.25, 0.3) is 0 Å². The first-order valence-electron chi connectivity index (χ1n) is 9.05. The molecule has 4 N–H and O–H groups in total. The van der Waals surface area contributed by atoms with Gasteiger partial charge in [0.15, 0.2) is 5.96 Å².